The number of fused-ring (bicyclic) bond motifs is 1. The number of benzene rings is 2. The van der Waals surface area contributed by atoms with Gasteiger partial charge in [0.1, 0.15) is 5.82 Å². The molecule has 0 saturated heterocycles. The van der Waals surface area contributed by atoms with E-state index in [-0.39, 0.29) is 11.7 Å². The molecule has 0 spiro atoms. The van der Waals surface area contributed by atoms with Gasteiger partial charge in [0, 0.05) is 37.1 Å². The van der Waals surface area contributed by atoms with E-state index in [1.54, 1.807) is 23.2 Å². The molecule has 5 heteroatoms. The zero-order valence-electron chi connectivity index (χ0n) is 16.9. The molecule has 0 aliphatic heterocycles. The Balaban J connectivity index is 1.49. The molecule has 1 amide bonds. The van der Waals surface area contributed by atoms with Gasteiger partial charge < -0.3 is 9.88 Å². The van der Waals surface area contributed by atoms with E-state index < -0.39 is 0 Å². The van der Waals surface area contributed by atoms with Crippen LogP contribution in [0.1, 0.15) is 24.0 Å². The Morgan fingerprint density at radius 1 is 1.07 bits per heavy atom. The van der Waals surface area contributed by atoms with Gasteiger partial charge in [0.25, 0.3) is 0 Å². The van der Waals surface area contributed by atoms with E-state index >= 15 is 0 Å². The molecule has 0 aliphatic rings. The van der Waals surface area contributed by atoms with Crippen LogP contribution in [0.25, 0.3) is 22.3 Å². The second-order valence-corrected chi connectivity index (χ2v) is 7.47. The van der Waals surface area contributed by atoms with Crippen LogP contribution >= 0.6 is 0 Å². The number of nitrogens with one attached hydrogen (secondary N) is 1. The van der Waals surface area contributed by atoms with Crippen LogP contribution in [-0.2, 0) is 17.8 Å². The number of aryl methyl sites for hydroxylation is 1. The molecule has 0 atom stereocenters. The number of nitrogens with zero attached hydrogens (tertiary/aromatic N) is 2. The quantitative estimate of drug-likeness (QED) is 0.454. The lowest BCUT2D eigenvalue weighted by atomic mass is 10.0. The van der Waals surface area contributed by atoms with Gasteiger partial charge in [0.15, 0.2) is 0 Å². The van der Waals surface area contributed by atoms with Gasteiger partial charge in [-0.3, -0.25) is 9.78 Å². The Bertz CT molecular complexity index is 1140. The second-order valence-electron chi connectivity index (χ2n) is 7.47. The van der Waals surface area contributed by atoms with Gasteiger partial charge >= 0.3 is 0 Å². The minimum atomic E-state index is -0.269. The Hall–Kier alpha value is -3.47. The number of aromatic amines is 1. The van der Waals surface area contributed by atoms with Crippen molar-refractivity contribution in [1.29, 1.82) is 0 Å². The summed E-state index contributed by atoms with van der Waals surface area (Å²) < 4.78 is 13.9. The van der Waals surface area contributed by atoms with Gasteiger partial charge in [0.2, 0.25) is 5.91 Å². The van der Waals surface area contributed by atoms with Gasteiger partial charge in [-0.2, -0.15) is 0 Å². The molecular formula is C25H24FN3O. The number of rotatable bonds is 7. The maximum atomic E-state index is 13.9. The molecule has 2 heterocycles. The number of amides is 1. The van der Waals surface area contributed by atoms with E-state index in [2.05, 4.69) is 9.97 Å². The minimum Gasteiger partial charge on any atom is -0.353 e. The van der Waals surface area contributed by atoms with E-state index in [0.29, 0.717) is 25.8 Å². The Labute approximate surface area is 175 Å². The summed E-state index contributed by atoms with van der Waals surface area (Å²) in [6, 6.07) is 20.4. The van der Waals surface area contributed by atoms with Gasteiger partial charge in [0.05, 0.1) is 11.4 Å². The van der Waals surface area contributed by atoms with Crippen molar-refractivity contribution in [2.24, 2.45) is 0 Å². The first kappa shape index (κ1) is 19.8. The lowest BCUT2D eigenvalue weighted by Crippen LogP contribution is -2.25. The third kappa shape index (κ3) is 4.40. The van der Waals surface area contributed by atoms with Gasteiger partial charge in [-0.1, -0.05) is 36.4 Å². The predicted molar refractivity (Wildman–Crippen MR) is 117 cm³/mol. The molecule has 0 fully saturated rings. The van der Waals surface area contributed by atoms with Gasteiger partial charge in [-0.05, 0) is 54.3 Å². The molecule has 0 bridgehead atoms. The average molecular weight is 401 g/mol. The Morgan fingerprint density at radius 3 is 2.63 bits per heavy atom. The van der Waals surface area contributed by atoms with E-state index in [1.165, 1.54) is 6.07 Å². The van der Waals surface area contributed by atoms with E-state index in [0.717, 1.165) is 33.4 Å². The topological polar surface area (TPSA) is 49.0 Å². The molecule has 30 heavy (non-hydrogen) atoms. The van der Waals surface area contributed by atoms with E-state index in [9.17, 15) is 9.18 Å². The lowest BCUT2D eigenvalue weighted by molar-refractivity contribution is -0.130. The highest BCUT2D eigenvalue weighted by molar-refractivity contribution is 5.90. The number of pyridine rings is 1. The summed E-state index contributed by atoms with van der Waals surface area (Å²) in [6.45, 7) is 0.594. The molecular weight excluding hydrogens is 377 g/mol. The van der Waals surface area contributed by atoms with Crippen LogP contribution in [0.15, 0.2) is 72.9 Å². The first-order chi connectivity index (χ1) is 14.6. The van der Waals surface area contributed by atoms with Crippen molar-refractivity contribution >= 4 is 16.8 Å². The molecule has 0 aliphatic carbocycles. The third-order valence-corrected chi connectivity index (χ3v) is 5.29. The van der Waals surface area contributed by atoms with Crippen LogP contribution < -0.4 is 0 Å². The fraction of sp³-hybridized carbons (Fsp3) is 0.200. The Kier molecular flexibility index (Phi) is 5.89. The fourth-order valence-electron chi connectivity index (χ4n) is 3.76. The number of hydrogen-bond donors (Lipinski definition) is 1. The number of carbonyl (C=O) groups excluding carboxylic acids is 1. The second kappa shape index (κ2) is 8.91. The number of aromatic nitrogens is 2. The molecule has 4 rings (SSSR count). The predicted octanol–water partition coefficient (Wildman–Crippen LogP) is 5.35. The summed E-state index contributed by atoms with van der Waals surface area (Å²) in [6.07, 6.45) is 3.53. The van der Waals surface area contributed by atoms with Crippen LogP contribution in [0.4, 0.5) is 4.39 Å². The first-order valence-corrected chi connectivity index (χ1v) is 10.1. The number of halogens is 1. The van der Waals surface area contributed by atoms with Crippen molar-refractivity contribution in [3.63, 3.8) is 0 Å². The zero-order chi connectivity index (χ0) is 20.9. The molecule has 1 N–H and O–H groups in total. The minimum absolute atomic E-state index is 0.101. The first-order valence-electron chi connectivity index (χ1n) is 10.1. The van der Waals surface area contributed by atoms with Crippen LogP contribution in [0.2, 0.25) is 0 Å². The van der Waals surface area contributed by atoms with Crippen molar-refractivity contribution in [2.75, 3.05) is 7.05 Å². The highest BCUT2D eigenvalue weighted by Crippen LogP contribution is 2.31. The average Bonchev–Trinajstić information content (AvgIpc) is 3.12. The fourth-order valence-corrected chi connectivity index (χ4v) is 3.76. The maximum Gasteiger partial charge on any atom is 0.222 e. The molecule has 0 saturated carbocycles. The van der Waals surface area contributed by atoms with E-state index in [4.69, 9.17) is 0 Å². The van der Waals surface area contributed by atoms with Crippen LogP contribution in [0.3, 0.4) is 0 Å². The molecule has 4 aromatic rings. The van der Waals surface area contributed by atoms with Crippen molar-refractivity contribution in [2.45, 2.75) is 25.8 Å². The molecule has 2 aromatic carbocycles. The van der Waals surface area contributed by atoms with E-state index in [1.807, 2.05) is 55.6 Å². The third-order valence-electron chi connectivity index (χ3n) is 5.29. The molecule has 0 radical (unpaired) electrons. The van der Waals surface area contributed by atoms with Crippen molar-refractivity contribution < 1.29 is 9.18 Å². The zero-order valence-corrected chi connectivity index (χ0v) is 16.9. The van der Waals surface area contributed by atoms with Crippen molar-refractivity contribution in [3.05, 3.63) is 89.9 Å². The molecule has 4 nitrogen and oxygen atoms in total. The Morgan fingerprint density at radius 2 is 1.87 bits per heavy atom. The number of carbonyl (C=O) groups is 1. The standard InChI is InChI=1S/C25H24FN3O/c1-29(17-18-8-3-2-4-9-18)24(30)12-7-10-20-21-16-19(26)13-14-22(21)28-25(20)23-11-5-6-15-27-23/h2-6,8-9,11,13-16,28H,7,10,12,17H2,1H3. The van der Waals surface area contributed by atoms with Crippen LogP contribution in [0.5, 0.6) is 0 Å². The van der Waals surface area contributed by atoms with Gasteiger partial charge in [-0.25, -0.2) is 4.39 Å². The summed E-state index contributed by atoms with van der Waals surface area (Å²) in [5.74, 6) is -0.168. The van der Waals surface area contributed by atoms with Crippen LogP contribution in [-0.4, -0.2) is 27.8 Å². The summed E-state index contributed by atoms with van der Waals surface area (Å²) >= 11 is 0. The smallest absolute Gasteiger partial charge is 0.222 e. The number of hydrogen-bond acceptors (Lipinski definition) is 2. The van der Waals surface area contributed by atoms with Crippen LogP contribution in [0, 0.1) is 5.82 Å². The van der Waals surface area contributed by atoms with Crippen molar-refractivity contribution in [3.8, 4) is 11.4 Å². The monoisotopic (exact) mass is 401 g/mol. The summed E-state index contributed by atoms with van der Waals surface area (Å²) in [5, 5.41) is 0.848. The maximum absolute atomic E-state index is 13.9. The highest BCUT2D eigenvalue weighted by atomic mass is 19.1. The summed E-state index contributed by atoms with van der Waals surface area (Å²) in [7, 11) is 1.83. The normalized spacial score (nSPS) is 11.0. The molecule has 152 valence electrons. The largest absolute Gasteiger partial charge is 0.353 e. The summed E-state index contributed by atoms with van der Waals surface area (Å²) in [4.78, 5) is 22.2. The molecule has 0 unspecified atom stereocenters. The van der Waals surface area contributed by atoms with Crippen molar-refractivity contribution in [1.82, 2.24) is 14.9 Å². The summed E-state index contributed by atoms with van der Waals surface area (Å²) in [5.41, 5.74) is 4.69. The number of H-pyrrole nitrogens is 1. The lowest BCUT2D eigenvalue weighted by Gasteiger charge is -2.17. The SMILES string of the molecule is CN(Cc1ccccc1)C(=O)CCCc1c(-c2ccccn2)[nH]c2ccc(F)cc12. The highest BCUT2D eigenvalue weighted by Gasteiger charge is 2.16. The van der Waals surface area contributed by atoms with Gasteiger partial charge in [-0.15, -0.1) is 0 Å². The molecule has 2 aromatic heterocycles.